The van der Waals surface area contributed by atoms with Crippen LogP contribution in [0.5, 0.6) is 28.7 Å². The van der Waals surface area contributed by atoms with Gasteiger partial charge >= 0.3 is 0 Å². The van der Waals surface area contributed by atoms with Crippen molar-refractivity contribution < 1.29 is 43.5 Å². The lowest BCUT2D eigenvalue weighted by atomic mass is 9.74. The minimum Gasteiger partial charge on any atom is -0.497 e. The Hall–Kier alpha value is -4.48. The molecule has 4 aliphatic rings. The molecule has 1 saturated heterocycles. The lowest BCUT2D eigenvalue weighted by Crippen LogP contribution is -2.58. The van der Waals surface area contributed by atoms with Crippen LogP contribution in [0.1, 0.15) is 55.7 Å². The molecule has 47 heavy (non-hydrogen) atoms. The van der Waals surface area contributed by atoms with Crippen molar-refractivity contribution in [1.82, 2.24) is 10.2 Å². The van der Waals surface area contributed by atoms with Crippen molar-refractivity contribution in [3.63, 3.8) is 0 Å². The smallest absolute Gasteiger partial charge is 0.232 e. The maximum absolute atomic E-state index is 15.3. The molecule has 0 unspecified atom stereocenters. The molecule has 3 aliphatic heterocycles. The molecular formula is C36H40N2O9. The van der Waals surface area contributed by atoms with Crippen LogP contribution >= 0.6 is 0 Å². The van der Waals surface area contributed by atoms with Crippen LogP contribution in [0.25, 0.3) is 0 Å². The van der Waals surface area contributed by atoms with E-state index in [1.165, 1.54) is 7.11 Å². The lowest BCUT2D eigenvalue weighted by molar-refractivity contribution is -0.163. The molecule has 3 aromatic rings. The Labute approximate surface area is 273 Å². The summed E-state index contributed by atoms with van der Waals surface area (Å²) in [6.07, 6.45) is -0.610. The first kappa shape index (κ1) is 31.1. The van der Waals surface area contributed by atoms with Gasteiger partial charge in [-0.1, -0.05) is 56.3 Å². The Morgan fingerprint density at radius 2 is 1.79 bits per heavy atom. The number of carbonyl (C=O) groups is 2. The summed E-state index contributed by atoms with van der Waals surface area (Å²) >= 11 is 0. The van der Waals surface area contributed by atoms with Crippen LogP contribution in [-0.2, 0) is 20.8 Å². The molecule has 7 rings (SSSR count). The summed E-state index contributed by atoms with van der Waals surface area (Å²) in [5.74, 6) is -0.947. The zero-order valence-corrected chi connectivity index (χ0v) is 26.9. The summed E-state index contributed by atoms with van der Waals surface area (Å²) in [5, 5.41) is 28.9. The number of amides is 2. The number of methoxy groups -OCH3 is 2. The summed E-state index contributed by atoms with van der Waals surface area (Å²) in [4.78, 5) is 29.8. The number of likely N-dealkylation sites (tertiary alicyclic amines) is 1. The fraction of sp³-hybridized carbons (Fsp3) is 0.444. The zero-order chi connectivity index (χ0) is 33.1. The number of aliphatic hydroxyl groups is 2. The van der Waals surface area contributed by atoms with Gasteiger partial charge in [-0.15, -0.1) is 0 Å². The highest BCUT2D eigenvalue weighted by Crippen LogP contribution is 2.70. The molecule has 3 N–H and O–H groups in total. The van der Waals surface area contributed by atoms with Crippen molar-refractivity contribution in [3.8, 4) is 28.7 Å². The standard InChI is InChI=1S/C36H40N2O9/c1-20(2)17-27(39)37-26-11-8-16-38(26)33(40)30-28(21-9-6-5-7-10-21)35(42)29-24(18-25-31(32(29)44-4)46-19-45-25)47-36(30,34(35)41)22-12-14-23(43-3)15-13-22/h5-7,9-10,12-15,18,20,26,28,30,34,41-42H,8,11,16-17,19H2,1-4H3,(H,37,39)/t26-,28-,30+,34+,35-,36+/m1/s1. The number of aliphatic hydroxyl groups excluding tert-OH is 1. The second kappa shape index (κ2) is 11.6. The molecular weight excluding hydrogens is 604 g/mol. The molecule has 1 saturated carbocycles. The maximum Gasteiger partial charge on any atom is 0.232 e. The van der Waals surface area contributed by atoms with Gasteiger partial charge < -0.3 is 44.1 Å². The Morgan fingerprint density at radius 1 is 1.04 bits per heavy atom. The number of ether oxygens (including phenoxy) is 5. The van der Waals surface area contributed by atoms with E-state index < -0.39 is 35.3 Å². The third kappa shape index (κ3) is 4.62. The van der Waals surface area contributed by atoms with Crippen molar-refractivity contribution in [2.24, 2.45) is 11.8 Å². The van der Waals surface area contributed by atoms with Gasteiger partial charge in [-0.3, -0.25) is 9.59 Å². The van der Waals surface area contributed by atoms with Crippen molar-refractivity contribution in [2.75, 3.05) is 27.6 Å². The molecule has 248 valence electrons. The highest BCUT2D eigenvalue weighted by Gasteiger charge is 2.77. The Bertz CT molecular complexity index is 1680. The van der Waals surface area contributed by atoms with E-state index >= 15 is 4.79 Å². The van der Waals surface area contributed by atoms with Crippen LogP contribution < -0.4 is 29.0 Å². The van der Waals surface area contributed by atoms with Crippen LogP contribution in [0.2, 0.25) is 0 Å². The Morgan fingerprint density at radius 3 is 2.47 bits per heavy atom. The number of nitrogens with zero attached hydrogens (tertiary/aromatic N) is 1. The molecule has 2 bridgehead atoms. The van der Waals surface area contributed by atoms with Crippen molar-refractivity contribution in [3.05, 3.63) is 77.4 Å². The molecule has 3 heterocycles. The molecule has 2 fully saturated rings. The SMILES string of the molecule is COc1ccc([C@]23Oc4cc5c(c(OC)c4[C@](O)([C@H](c4ccccc4)[C@H]2C(=O)N2CCC[C@@H]2NC(=O)CC(C)C)[C@@H]3O)OCO5)cc1. The third-order valence-electron chi connectivity index (χ3n) is 9.98. The van der Waals surface area contributed by atoms with Gasteiger partial charge in [0.1, 0.15) is 29.4 Å². The predicted molar refractivity (Wildman–Crippen MR) is 169 cm³/mol. The average molecular weight is 645 g/mol. The minimum absolute atomic E-state index is 0.0543. The number of hydrogen-bond acceptors (Lipinski definition) is 9. The second-order valence-corrected chi connectivity index (χ2v) is 13.1. The number of benzene rings is 3. The monoisotopic (exact) mass is 644 g/mol. The highest BCUT2D eigenvalue weighted by atomic mass is 16.7. The van der Waals surface area contributed by atoms with Crippen molar-refractivity contribution in [1.29, 1.82) is 0 Å². The zero-order valence-electron chi connectivity index (χ0n) is 26.9. The number of rotatable bonds is 8. The van der Waals surface area contributed by atoms with Gasteiger partial charge in [-0.2, -0.15) is 0 Å². The predicted octanol–water partition coefficient (Wildman–Crippen LogP) is 3.79. The van der Waals surface area contributed by atoms with Crippen LogP contribution in [-0.4, -0.2) is 66.8 Å². The van der Waals surface area contributed by atoms with E-state index in [-0.39, 0.29) is 47.3 Å². The van der Waals surface area contributed by atoms with Crippen molar-refractivity contribution >= 4 is 11.8 Å². The molecule has 2 amide bonds. The molecule has 3 aromatic carbocycles. The lowest BCUT2D eigenvalue weighted by Gasteiger charge is -2.45. The van der Waals surface area contributed by atoms with E-state index in [1.807, 2.05) is 44.2 Å². The van der Waals surface area contributed by atoms with Crippen LogP contribution in [0.15, 0.2) is 60.7 Å². The normalized spacial score (nSPS) is 28.5. The third-order valence-corrected chi connectivity index (χ3v) is 9.98. The van der Waals surface area contributed by atoms with E-state index in [9.17, 15) is 15.0 Å². The van der Waals surface area contributed by atoms with Gasteiger partial charge in [0.15, 0.2) is 17.1 Å². The molecule has 0 radical (unpaired) electrons. The van der Waals surface area contributed by atoms with Gasteiger partial charge in [-0.25, -0.2) is 0 Å². The van der Waals surface area contributed by atoms with Gasteiger partial charge in [-0.05, 0) is 42.0 Å². The fourth-order valence-electron chi connectivity index (χ4n) is 8.06. The van der Waals surface area contributed by atoms with Crippen molar-refractivity contribution in [2.45, 2.75) is 62.5 Å². The molecule has 6 atom stereocenters. The topological polar surface area (TPSA) is 136 Å². The van der Waals surface area contributed by atoms with Crippen LogP contribution in [0, 0.1) is 11.8 Å². The second-order valence-electron chi connectivity index (χ2n) is 13.1. The average Bonchev–Trinajstić information content (AvgIpc) is 3.76. The first-order valence-electron chi connectivity index (χ1n) is 16.0. The van der Waals surface area contributed by atoms with Gasteiger partial charge in [0.05, 0.1) is 25.7 Å². The Balaban J connectivity index is 1.46. The van der Waals surface area contributed by atoms with Gasteiger partial charge in [0.2, 0.25) is 24.4 Å². The first-order chi connectivity index (χ1) is 22.6. The fourth-order valence-corrected chi connectivity index (χ4v) is 8.06. The Kier molecular flexibility index (Phi) is 7.71. The van der Waals surface area contributed by atoms with E-state index in [4.69, 9.17) is 23.7 Å². The van der Waals surface area contributed by atoms with E-state index in [0.717, 1.165) is 0 Å². The van der Waals surface area contributed by atoms with Crippen LogP contribution in [0.3, 0.4) is 0 Å². The molecule has 1 aliphatic carbocycles. The largest absolute Gasteiger partial charge is 0.497 e. The maximum atomic E-state index is 15.3. The van der Waals surface area contributed by atoms with E-state index in [0.29, 0.717) is 48.4 Å². The van der Waals surface area contributed by atoms with Crippen LogP contribution in [0.4, 0.5) is 0 Å². The highest BCUT2D eigenvalue weighted by molar-refractivity contribution is 5.86. The summed E-state index contributed by atoms with van der Waals surface area (Å²) < 4.78 is 29.7. The molecule has 0 aromatic heterocycles. The summed E-state index contributed by atoms with van der Waals surface area (Å²) in [6, 6.07) is 17.8. The quantitative estimate of drug-likeness (QED) is 0.335. The van der Waals surface area contributed by atoms with Gasteiger partial charge in [0, 0.05) is 24.9 Å². The first-order valence-corrected chi connectivity index (χ1v) is 16.0. The number of nitrogens with one attached hydrogen (secondary N) is 1. The summed E-state index contributed by atoms with van der Waals surface area (Å²) in [7, 11) is 3.00. The minimum atomic E-state index is -2.10. The summed E-state index contributed by atoms with van der Waals surface area (Å²) in [6.45, 7) is 4.27. The number of hydrogen-bond donors (Lipinski definition) is 3. The van der Waals surface area contributed by atoms with E-state index in [1.54, 1.807) is 42.3 Å². The summed E-state index contributed by atoms with van der Waals surface area (Å²) in [5.41, 5.74) is -2.61. The molecule has 0 spiro atoms. The molecule has 11 heteroatoms. The van der Waals surface area contributed by atoms with E-state index in [2.05, 4.69) is 5.32 Å². The number of carbonyl (C=O) groups excluding carboxylic acids is 2. The molecule has 11 nitrogen and oxygen atoms in total. The number of fused-ring (bicyclic) bond motifs is 5. The van der Waals surface area contributed by atoms with Gasteiger partial charge in [0.25, 0.3) is 0 Å².